The predicted octanol–water partition coefficient (Wildman–Crippen LogP) is 2.40. The second kappa shape index (κ2) is 3.18. The number of Topliss-reactive ketones (excluding diaryl/α,β-unsaturated/α-hetero) is 1. The van der Waals surface area contributed by atoms with Gasteiger partial charge in [0.25, 0.3) is 0 Å². The fourth-order valence-corrected chi connectivity index (χ4v) is 1.83. The van der Waals surface area contributed by atoms with E-state index in [2.05, 4.69) is 13.8 Å². The summed E-state index contributed by atoms with van der Waals surface area (Å²) in [5.74, 6) is 1.55. The highest BCUT2D eigenvalue weighted by atomic mass is 16.1. The number of carbonyl (C=O) groups is 1. The SMILES string of the molecule is CCC[C@@H]1CCC(=O)[C@H]1C. The van der Waals surface area contributed by atoms with E-state index in [0.717, 1.165) is 12.8 Å². The third kappa shape index (κ3) is 1.39. The highest BCUT2D eigenvalue weighted by Gasteiger charge is 2.29. The van der Waals surface area contributed by atoms with E-state index in [-0.39, 0.29) is 0 Å². The third-order valence-electron chi connectivity index (χ3n) is 2.64. The molecule has 10 heavy (non-hydrogen) atoms. The fraction of sp³-hybridized carbons (Fsp3) is 0.889. The Kier molecular flexibility index (Phi) is 2.47. The molecule has 0 aromatic heterocycles. The van der Waals surface area contributed by atoms with Gasteiger partial charge in [-0.3, -0.25) is 4.79 Å². The second-order valence-corrected chi connectivity index (χ2v) is 3.34. The molecule has 0 saturated heterocycles. The van der Waals surface area contributed by atoms with Crippen molar-refractivity contribution in [3.63, 3.8) is 0 Å². The van der Waals surface area contributed by atoms with E-state index in [1.807, 2.05) is 0 Å². The van der Waals surface area contributed by atoms with E-state index >= 15 is 0 Å². The molecule has 1 saturated carbocycles. The molecule has 0 radical (unpaired) electrons. The molecule has 1 nitrogen and oxygen atoms in total. The van der Waals surface area contributed by atoms with Gasteiger partial charge in [0.05, 0.1) is 0 Å². The number of carbonyl (C=O) groups excluding carboxylic acids is 1. The zero-order chi connectivity index (χ0) is 7.56. The Bertz CT molecular complexity index is 129. The van der Waals surface area contributed by atoms with Crippen molar-refractivity contribution in [2.45, 2.75) is 39.5 Å². The quantitative estimate of drug-likeness (QED) is 0.575. The zero-order valence-corrected chi connectivity index (χ0v) is 6.89. The van der Waals surface area contributed by atoms with Crippen LogP contribution < -0.4 is 0 Å². The van der Waals surface area contributed by atoms with Crippen molar-refractivity contribution in [2.75, 3.05) is 0 Å². The second-order valence-electron chi connectivity index (χ2n) is 3.34. The smallest absolute Gasteiger partial charge is 0.135 e. The third-order valence-corrected chi connectivity index (χ3v) is 2.64. The highest BCUT2D eigenvalue weighted by Crippen LogP contribution is 2.31. The molecule has 0 aromatic carbocycles. The summed E-state index contributed by atoms with van der Waals surface area (Å²) in [6.45, 7) is 4.27. The number of ketones is 1. The summed E-state index contributed by atoms with van der Waals surface area (Å²) < 4.78 is 0. The van der Waals surface area contributed by atoms with Gasteiger partial charge in [0.15, 0.2) is 0 Å². The molecule has 1 aliphatic rings. The molecule has 0 unspecified atom stereocenters. The fourth-order valence-electron chi connectivity index (χ4n) is 1.83. The van der Waals surface area contributed by atoms with Gasteiger partial charge in [-0.05, 0) is 12.3 Å². The van der Waals surface area contributed by atoms with Crippen LogP contribution >= 0.6 is 0 Å². The van der Waals surface area contributed by atoms with Gasteiger partial charge in [0.1, 0.15) is 5.78 Å². The minimum Gasteiger partial charge on any atom is -0.299 e. The van der Waals surface area contributed by atoms with Crippen LogP contribution in [0.15, 0.2) is 0 Å². The minimum absolute atomic E-state index is 0.361. The molecule has 0 spiro atoms. The van der Waals surface area contributed by atoms with Crippen LogP contribution in [-0.4, -0.2) is 5.78 Å². The molecule has 0 aliphatic heterocycles. The maximum Gasteiger partial charge on any atom is 0.135 e. The van der Waals surface area contributed by atoms with Gasteiger partial charge < -0.3 is 0 Å². The van der Waals surface area contributed by atoms with Crippen LogP contribution in [0.25, 0.3) is 0 Å². The first kappa shape index (κ1) is 7.77. The Morgan fingerprint density at radius 1 is 1.60 bits per heavy atom. The standard InChI is InChI=1S/C9H16O/c1-3-4-8-5-6-9(10)7(8)2/h7-8H,3-6H2,1-2H3/t7-,8+/m0/s1. The Balaban J connectivity index is 2.41. The molecule has 58 valence electrons. The van der Waals surface area contributed by atoms with Gasteiger partial charge >= 0.3 is 0 Å². The van der Waals surface area contributed by atoms with Gasteiger partial charge in [-0.25, -0.2) is 0 Å². The van der Waals surface area contributed by atoms with Gasteiger partial charge in [-0.1, -0.05) is 26.7 Å². The zero-order valence-electron chi connectivity index (χ0n) is 6.89. The lowest BCUT2D eigenvalue weighted by Gasteiger charge is -2.11. The lowest BCUT2D eigenvalue weighted by atomic mass is 9.93. The Morgan fingerprint density at radius 3 is 2.70 bits per heavy atom. The lowest BCUT2D eigenvalue weighted by molar-refractivity contribution is -0.120. The maximum absolute atomic E-state index is 11.1. The van der Waals surface area contributed by atoms with Crippen molar-refractivity contribution >= 4 is 5.78 Å². The molecule has 0 bridgehead atoms. The molecular weight excluding hydrogens is 124 g/mol. The molecule has 0 heterocycles. The van der Waals surface area contributed by atoms with E-state index < -0.39 is 0 Å². The molecule has 1 aliphatic carbocycles. The summed E-state index contributed by atoms with van der Waals surface area (Å²) in [5, 5.41) is 0. The van der Waals surface area contributed by atoms with Crippen LogP contribution in [0.2, 0.25) is 0 Å². The van der Waals surface area contributed by atoms with Crippen molar-refractivity contribution in [1.82, 2.24) is 0 Å². The maximum atomic E-state index is 11.1. The van der Waals surface area contributed by atoms with Crippen molar-refractivity contribution in [3.05, 3.63) is 0 Å². The van der Waals surface area contributed by atoms with Crippen LogP contribution in [0, 0.1) is 11.8 Å². The Hall–Kier alpha value is -0.330. The molecule has 0 N–H and O–H groups in total. The van der Waals surface area contributed by atoms with Gasteiger partial charge in [0, 0.05) is 12.3 Å². The lowest BCUT2D eigenvalue weighted by Crippen LogP contribution is -2.09. The Labute approximate surface area is 62.8 Å². The number of rotatable bonds is 2. The van der Waals surface area contributed by atoms with Crippen molar-refractivity contribution in [3.8, 4) is 0 Å². The molecule has 1 fully saturated rings. The number of hydrogen-bond donors (Lipinski definition) is 0. The molecule has 0 aromatic rings. The molecule has 1 rings (SSSR count). The average molecular weight is 140 g/mol. The first-order valence-corrected chi connectivity index (χ1v) is 4.28. The van der Waals surface area contributed by atoms with E-state index in [0.29, 0.717) is 17.6 Å². The van der Waals surface area contributed by atoms with Crippen molar-refractivity contribution < 1.29 is 4.79 Å². The van der Waals surface area contributed by atoms with E-state index in [9.17, 15) is 4.79 Å². The van der Waals surface area contributed by atoms with Crippen LogP contribution in [0.3, 0.4) is 0 Å². The molecular formula is C9H16O. The Morgan fingerprint density at radius 2 is 2.30 bits per heavy atom. The summed E-state index contributed by atoms with van der Waals surface area (Å²) in [5.41, 5.74) is 0. The monoisotopic (exact) mass is 140 g/mol. The first-order valence-electron chi connectivity index (χ1n) is 4.28. The normalized spacial score (nSPS) is 33.2. The largest absolute Gasteiger partial charge is 0.299 e. The van der Waals surface area contributed by atoms with Crippen LogP contribution in [-0.2, 0) is 4.79 Å². The highest BCUT2D eigenvalue weighted by molar-refractivity contribution is 5.82. The summed E-state index contributed by atoms with van der Waals surface area (Å²) in [4.78, 5) is 11.1. The summed E-state index contributed by atoms with van der Waals surface area (Å²) in [6, 6.07) is 0. The van der Waals surface area contributed by atoms with Crippen molar-refractivity contribution in [2.24, 2.45) is 11.8 Å². The van der Waals surface area contributed by atoms with Crippen LogP contribution in [0.5, 0.6) is 0 Å². The van der Waals surface area contributed by atoms with Gasteiger partial charge in [-0.15, -0.1) is 0 Å². The van der Waals surface area contributed by atoms with Crippen molar-refractivity contribution in [1.29, 1.82) is 0 Å². The van der Waals surface area contributed by atoms with Crippen LogP contribution in [0.1, 0.15) is 39.5 Å². The van der Waals surface area contributed by atoms with Crippen LogP contribution in [0.4, 0.5) is 0 Å². The van der Waals surface area contributed by atoms with E-state index in [4.69, 9.17) is 0 Å². The van der Waals surface area contributed by atoms with Gasteiger partial charge in [0.2, 0.25) is 0 Å². The first-order chi connectivity index (χ1) is 4.75. The predicted molar refractivity (Wildman–Crippen MR) is 41.8 cm³/mol. The van der Waals surface area contributed by atoms with Gasteiger partial charge in [-0.2, -0.15) is 0 Å². The minimum atomic E-state index is 0.361. The molecule has 0 amide bonds. The average Bonchev–Trinajstić information content (AvgIpc) is 2.20. The molecule has 2 atom stereocenters. The topological polar surface area (TPSA) is 17.1 Å². The number of hydrogen-bond acceptors (Lipinski definition) is 1. The van der Waals surface area contributed by atoms with E-state index in [1.165, 1.54) is 12.8 Å². The summed E-state index contributed by atoms with van der Waals surface area (Å²) in [7, 11) is 0. The summed E-state index contributed by atoms with van der Waals surface area (Å²) >= 11 is 0. The summed E-state index contributed by atoms with van der Waals surface area (Å²) in [6.07, 6.45) is 4.45. The molecule has 1 heteroatoms. The van der Waals surface area contributed by atoms with E-state index in [1.54, 1.807) is 0 Å².